The third kappa shape index (κ3) is 8.94. The van der Waals surface area contributed by atoms with E-state index in [1.807, 2.05) is 24.0 Å². The number of methoxy groups -OCH3 is 1. The van der Waals surface area contributed by atoms with Crippen LogP contribution in [0.5, 0.6) is 17.8 Å². The number of hydrogen-bond acceptors (Lipinski definition) is 10. The lowest BCUT2D eigenvalue weighted by Gasteiger charge is -2.53. The van der Waals surface area contributed by atoms with Gasteiger partial charge in [-0.3, -0.25) is 19.6 Å². The number of carbonyl (C=O) groups is 1. The number of nitrogens with zero attached hydrogens (tertiary/aromatic N) is 7. The lowest BCUT2D eigenvalue weighted by Crippen LogP contribution is -2.67. The van der Waals surface area contributed by atoms with Gasteiger partial charge in [-0.2, -0.15) is 9.97 Å². The fourth-order valence-electron chi connectivity index (χ4n) is 6.76. The number of aromatic nitrogens is 4. The lowest BCUT2D eigenvalue weighted by molar-refractivity contribution is -0.0293. The molecule has 0 N–H and O–H groups in total. The van der Waals surface area contributed by atoms with Crippen molar-refractivity contribution < 1.29 is 27.8 Å². The molecule has 0 radical (unpaired) electrons. The van der Waals surface area contributed by atoms with E-state index in [2.05, 4.69) is 78.3 Å². The summed E-state index contributed by atoms with van der Waals surface area (Å²) in [7, 11) is 1.47. The van der Waals surface area contributed by atoms with Crippen molar-refractivity contribution >= 4 is 30.7 Å². The van der Waals surface area contributed by atoms with E-state index in [-0.39, 0.29) is 66.5 Å². The van der Waals surface area contributed by atoms with Crippen LogP contribution in [0, 0.1) is 0 Å². The van der Waals surface area contributed by atoms with E-state index < -0.39 is 13.0 Å². The lowest BCUT2D eigenvalue weighted by atomic mass is 9.81. The first-order valence-corrected chi connectivity index (χ1v) is 16.1. The predicted octanol–water partition coefficient (Wildman–Crippen LogP) is 5.00. The predicted molar refractivity (Wildman–Crippen MR) is 188 cm³/mol. The summed E-state index contributed by atoms with van der Waals surface area (Å²) in [5.41, 5.74) is 3.31. The van der Waals surface area contributed by atoms with Gasteiger partial charge in [-0.25, -0.2) is 13.8 Å². The summed E-state index contributed by atoms with van der Waals surface area (Å²) in [6.07, 6.45) is 1.90. The molecule has 15 heteroatoms. The zero-order valence-electron chi connectivity index (χ0n) is 27.8. The van der Waals surface area contributed by atoms with Crippen LogP contribution in [0.1, 0.15) is 40.0 Å². The molecule has 2 aromatic heterocycles. The van der Waals surface area contributed by atoms with Crippen LogP contribution >= 0.6 is 24.8 Å². The summed E-state index contributed by atoms with van der Waals surface area (Å²) in [5.74, 6) is 0.308. The van der Waals surface area contributed by atoms with E-state index in [1.54, 1.807) is 6.20 Å². The Balaban J connectivity index is 0.00000281. The number of halogens is 4. The second-order valence-corrected chi connectivity index (χ2v) is 11.7. The molecule has 50 heavy (non-hydrogen) atoms. The summed E-state index contributed by atoms with van der Waals surface area (Å²) < 4.78 is 42.5. The highest BCUT2D eigenvalue weighted by atomic mass is 35.5. The number of piperazine rings is 2. The quantitative estimate of drug-likeness (QED) is 0.198. The van der Waals surface area contributed by atoms with Gasteiger partial charge in [0.2, 0.25) is 11.8 Å². The molecular weight excluding hydrogens is 691 g/mol. The van der Waals surface area contributed by atoms with Gasteiger partial charge in [0.25, 0.3) is 12.3 Å². The molecule has 4 aromatic rings. The maximum Gasteiger partial charge on any atom is 0.323 e. The van der Waals surface area contributed by atoms with E-state index in [4.69, 9.17) is 14.2 Å². The smallest absolute Gasteiger partial charge is 0.323 e. The van der Waals surface area contributed by atoms with Crippen molar-refractivity contribution in [3.63, 3.8) is 0 Å². The Morgan fingerprint density at radius 1 is 0.900 bits per heavy atom. The Bertz CT molecular complexity index is 1610. The van der Waals surface area contributed by atoms with Crippen molar-refractivity contribution in [3.8, 4) is 17.8 Å². The van der Waals surface area contributed by atoms with Gasteiger partial charge < -0.3 is 19.1 Å². The average Bonchev–Trinajstić information content (AvgIpc) is 3.12. The average molecular weight is 733 g/mol. The number of rotatable bonds is 12. The van der Waals surface area contributed by atoms with Gasteiger partial charge in [0.15, 0.2) is 6.61 Å². The van der Waals surface area contributed by atoms with Gasteiger partial charge in [0.1, 0.15) is 5.69 Å². The van der Waals surface area contributed by atoms with Crippen LogP contribution in [0.3, 0.4) is 0 Å². The highest BCUT2D eigenvalue weighted by molar-refractivity contribution is 5.92. The topological polar surface area (TPSA) is 106 Å². The number of alkyl halides is 2. The minimum Gasteiger partial charge on any atom is -0.481 e. The molecule has 6 rings (SSSR count). The molecule has 0 bridgehead atoms. The number of carbonyl (C=O) groups excluding carboxylic acids is 1. The molecule has 2 aliphatic heterocycles. The number of fused-ring (bicyclic) bond motifs is 1. The molecule has 0 spiro atoms. The number of hydrogen-bond donors (Lipinski definition) is 0. The first-order chi connectivity index (χ1) is 23.4. The molecule has 2 atom stereocenters. The fraction of sp³-hybridized carbons (Fsp3) is 0.400. The maximum atomic E-state index is 13.5. The van der Waals surface area contributed by atoms with Crippen LogP contribution in [-0.4, -0.2) is 112 Å². The highest BCUT2D eigenvalue weighted by Gasteiger charge is 2.43. The van der Waals surface area contributed by atoms with Crippen molar-refractivity contribution in [2.75, 3.05) is 53.0 Å². The number of amides is 1. The van der Waals surface area contributed by atoms with Gasteiger partial charge in [0.05, 0.1) is 25.5 Å². The summed E-state index contributed by atoms with van der Waals surface area (Å²) >= 11 is 0. The Labute approximate surface area is 302 Å². The number of benzene rings is 2. The fourth-order valence-corrected chi connectivity index (χ4v) is 6.76. The molecule has 2 aliphatic rings. The van der Waals surface area contributed by atoms with E-state index in [0.29, 0.717) is 57.1 Å². The first-order valence-electron chi connectivity index (χ1n) is 16.1. The molecule has 268 valence electrons. The molecule has 4 heterocycles. The van der Waals surface area contributed by atoms with Gasteiger partial charge >= 0.3 is 6.01 Å². The summed E-state index contributed by atoms with van der Waals surface area (Å²) in [4.78, 5) is 37.2. The Morgan fingerprint density at radius 2 is 1.58 bits per heavy atom. The molecule has 1 amide bonds. The van der Waals surface area contributed by atoms with E-state index in [9.17, 15) is 13.6 Å². The van der Waals surface area contributed by atoms with Crippen LogP contribution in [0.15, 0.2) is 79.3 Å². The summed E-state index contributed by atoms with van der Waals surface area (Å²) in [6.45, 7) is 4.72. The second kappa shape index (κ2) is 18.2. The Morgan fingerprint density at radius 3 is 2.18 bits per heavy atom. The SMILES string of the molecule is CCOc1nc(OCC(F)F)nc(OC)c1CN1CC2CN(C(=O)c3cnccn3)CCN2C(C(c2ccccc2)c2ccccc2)C1.Cl.Cl. The highest BCUT2D eigenvalue weighted by Crippen LogP contribution is 2.37. The van der Waals surface area contributed by atoms with Crippen molar-refractivity contribution in [2.45, 2.75) is 37.9 Å². The minimum atomic E-state index is -2.68. The zero-order valence-corrected chi connectivity index (χ0v) is 29.4. The monoisotopic (exact) mass is 731 g/mol. The standard InChI is InChI=1S/C35H39F2N7O4.2ClH/c1-3-47-33-27(32(46-2)40-35(41-33)48-23-30(36)37)21-42-19-26-20-43(34(45)28-18-38-14-15-39-28)16-17-44(26)29(22-42)31(24-10-6-4-7-11-24)25-12-8-5-9-13-25;;/h4-15,18,26,29-31H,3,16-17,19-23H2,1-2H3;2*1H. The molecule has 2 saturated heterocycles. The molecule has 2 unspecified atom stereocenters. The number of ether oxygens (including phenoxy) is 3. The van der Waals surface area contributed by atoms with Crippen molar-refractivity contribution in [1.29, 1.82) is 0 Å². The third-order valence-electron chi connectivity index (χ3n) is 8.75. The van der Waals surface area contributed by atoms with Crippen molar-refractivity contribution in [3.05, 3.63) is 102 Å². The minimum absolute atomic E-state index is 0. The van der Waals surface area contributed by atoms with Crippen LogP contribution in [-0.2, 0) is 6.54 Å². The van der Waals surface area contributed by atoms with Crippen molar-refractivity contribution in [2.24, 2.45) is 0 Å². The molecular formula is C35H41Cl2F2N7O4. The van der Waals surface area contributed by atoms with Crippen LogP contribution in [0.4, 0.5) is 8.78 Å². The second-order valence-electron chi connectivity index (χ2n) is 11.7. The molecule has 0 aliphatic carbocycles. The third-order valence-corrected chi connectivity index (χ3v) is 8.75. The summed E-state index contributed by atoms with van der Waals surface area (Å²) in [5, 5.41) is 0. The molecule has 2 aromatic carbocycles. The maximum absolute atomic E-state index is 13.5. The molecule has 0 saturated carbocycles. The van der Waals surface area contributed by atoms with Crippen LogP contribution in [0.25, 0.3) is 0 Å². The van der Waals surface area contributed by atoms with Crippen LogP contribution in [0.2, 0.25) is 0 Å². The normalized spacial score (nSPS) is 17.8. The van der Waals surface area contributed by atoms with E-state index in [0.717, 1.165) is 0 Å². The van der Waals surface area contributed by atoms with Gasteiger partial charge in [-0.05, 0) is 18.1 Å². The largest absolute Gasteiger partial charge is 0.481 e. The van der Waals surface area contributed by atoms with Gasteiger partial charge in [-0.15, -0.1) is 24.8 Å². The molecule has 2 fully saturated rings. The summed E-state index contributed by atoms with van der Waals surface area (Å²) in [6, 6.07) is 20.8. The van der Waals surface area contributed by atoms with E-state index in [1.165, 1.54) is 30.6 Å². The first kappa shape index (κ1) is 38.6. The van der Waals surface area contributed by atoms with Gasteiger partial charge in [0, 0.05) is 69.7 Å². The van der Waals surface area contributed by atoms with Gasteiger partial charge in [-0.1, -0.05) is 60.7 Å². The zero-order chi connectivity index (χ0) is 33.5. The Hall–Kier alpha value is -4.17. The molecule has 11 nitrogen and oxygen atoms in total. The van der Waals surface area contributed by atoms with Crippen molar-refractivity contribution in [1.82, 2.24) is 34.6 Å². The Kier molecular flexibility index (Phi) is 14.0. The van der Waals surface area contributed by atoms with E-state index >= 15 is 0 Å². The van der Waals surface area contributed by atoms with Crippen LogP contribution < -0.4 is 14.2 Å².